The van der Waals surface area contributed by atoms with Crippen molar-refractivity contribution in [3.05, 3.63) is 79.7 Å². The summed E-state index contributed by atoms with van der Waals surface area (Å²) in [6.07, 6.45) is 1.54. The van der Waals surface area contributed by atoms with Gasteiger partial charge in [0.05, 0.1) is 10.9 Å². The Balaban J connectivity index is 1.58. The van der Waals surface area contributed by atoms with Gasteiger partial charge < -0.3 is 14.5 Å². The van der Waals surface area contributed by atoms with Gasteiger partial charge in [-0.1, -0.05) is 35.9 Å². The first-order chi connectivity index (χ1) is 15.6. The van der Waals surface area contributed by atoms with E-state index in [1.165, 1.54) is 27.3 Å². The van der Waals surface area contributed by atoms with Crippen LogP contribution in [0.3, 0.4) is 0 Å². The minimum Gasteiger partial charge on any atom is -0.385 e. The zero-order valence-electron chi connectivity index (χ0n) is 18.5. The molecule has 1 aliphatic rings. The van der Waals surface area contributed by atoms with Crippen LogP contribution in [0.15, 0.2) is 53.2 Å². The highest BCUT2D eigenvalue weighted by Gasteiger charge is 2.34. The van der Waals surface area contributed by atoms with Crippen LogP contribution < -0.4 is 0 Å². The van der Waals surface area contributed by atoms with Crippen molar-refractivity contribution < 1.29 is 14.3 Å². The topological polar surface area (TPSA) is 49.9 Å². The lowest BCUT2D eigenvalue weighted by molar-refractivity contribution is -0.134. The van der Waals surface area contributed by atoms with E-state index in [4.69, 9.17) is 4.74 Å². The third-order valence-electron chi connectivity index (χ3n) is 5.80. The average Bonchev–Trinajstić information content (AvgIpc) is 3.50. The van der Waals surface area contributed by atoms with Gasteiger partial charge in [-0.2, -0.15) is 0 Å². The minimum atomic E-state index is -0.115. The molecule has 4 rings (SSSR count). The van der Waals surface area contributed by atoms with Crippen LogP contribution in [0.5, 0.6) is 0 Å². The number of nitrogens with zero attached hydrogens (tertiary/aromatic N) is 2. The Bertz CT molecular complexity index is 1040. The van der Waals surface area contributed by atoms with Crippen LogP contribution in [-0.2, 0) is 16.0 Å². The van der Waals surface area contributed by atoms with Gasteiger partial charge in [0.15, 0.2) is 0 Å². The predicted molar refractivity (Wildman–Crippen MR) is 129 cm³/mol. The van der Waals surface area contributed by atoms with Crippen molar-refractivity contribution >= 4 is 34.5 Å². The summed E-state index contributed by atoms with van der Waals surface area (Å²) in [4.78, 5) is 32.3. The molecule has 0 saturated carbocycles. The Morgan fingerprint density at radius 2 is 1.94 bits per heavy atom. The summed E-state index contributed by atoms with van der Waals surface area (Å²) in [6, 6.07) is 14.1. The van der Waals surface area contributed by atoms with E-state index in [0.29, 0.717) is 31.0 Å². The van der Waals surface area contributed by atoms with E-state index in [1.807, 2.05) is 22.4 Å². The molecule has 0 radical (unpaired) electrons. The molecule has 7 heteroatoms. The Labute approximate surface area is 197 Å². The number of fused-ring (bicyclic) bond motifs is 1. The van der Waals surface area contributed by atoms with Crippen molar-refractivity contribution in [1.82, 2.24) is 9.80 Å². The molecule has 1 unspecified atom stereocenters. The molecule has 168 valence electrons. The standard InChI is InChI=1S/C25H28N2O3S2/c1-18-6-8-19(9-7-18)24-20-11-16-32-21(20)10-13-27(24)23(28)17-26(12-4-14-30-2)25(29)22-5-3-15-31-22/h3,5-9,11,15-16,24H,4,10,12-14,17H2,1-2H3. The molecule has 0 bridgehead atoms. The number of ether oxygens (including phenoxy) is 1. The van der Waals surface area contributed by atoms with Crippen molar-refractivity contribution in [2.75, 3.05) is 33.4 Å². The van der Waals surface area contributed by atoms with Crippen LogP contribution in [-0.4, -0.2) is 55.0 Å². The van der Waals surface area contributed by atoms with Gasteiger partial charge in [0, 0.05) is 31.7 Å². The molecule has 0 fully saturated rings. The smallest absolute Gasteiger partial charge is 0.264 e. The fourth-order valence-corrected chi connectivity index (χ4v) is 5.75. The van der Waals surface area contributed by atoms with E-state index in [2.05, 4.69) is 42.6 Å². The second-order valence-corrected chi connectivity index (χ2v) is 9.95. The molecule has 2 amide bonds. The van der Waals surface area contributed by atoms with Crippen molar-refractivity contribution in [1.29, 1.82) is 0 Å². The number of hydrogen-bond acceptors (Lipinski definition) is 5. The summed E-state index contributed by atoms with van der Waals surface area (Å²) in [7, 11) is 1.65. The van der Waals surface area contributed by atoms with Crippen LogP contribution >= 0.6 is 22.7 Å². The number of hydrogen-bond donors (Lipinski definition) is 0. The number of carbonyl (C=O) groups excluding carboxylic acids is 2. The van der Waals surface area contributed by atoms with E-state index >= 15 is 0 Å². The number of thiophene rings is 2. The first-order valence-electron chi connectivity index (χ1n) is 10.8. The zero-order chi connectivity index (χ0) is 22.5. The van der Waals surface area contributed by atoms with Gasteiger partial charge in [-0.3, -0.25) is 9.59 Å². The number of benzene rings is 1. The summed E-state index contributed by atoms with van der Waals surface area (Å²) >= 11 is 3.16. The predicted octanol–water partition coefficient (Wildman–Crippen LogP) is 4.77. The monoisotopic (exact) mass is 468 g/mol. The normalized spacial score (nSPS) is 15.4. The SMILES string of the molecule is COCCCN(CC(=O)N1CCc2sccc2C1c1ccc(C)cc1)C(=O)c1cccs1. The lowest BCUT2D eigenvalue weighted by atomic mass is 9.92. The zero-order valence-corrected chi connectivity index (χ0v) is 20.1. The maximum Gasteiger partial charge on any atom is 0.264 e. The van der Waals surface area contributed by atoms with Gasteiger partial charge >= 0.3 is 0 Å². The molecule has 3 heterocycles. The van der Waals surface area contributed by atoms with Crippen molar-refractivity contribution in [2.24, 2.45) is 0 Å². The van der Waals surface area contributed by atoms with Crippen molar-refractivity contribution in [2.45, 2.75) is 25.8 Å². The van der Waals surface area contributed by atoms with E-state index < -0.39 is 0 Å². The Morgan fingerprint density at radius 3 is 2.66 bits per heavy atom. The van der Waals surface area contributed by atoms with Gasteiger partial charge in [0.1, 0.15) is 6.54 Å². The second-order valence-electron chi connectivity index (χ2n) is 8.00. The molecule has 0 spiro atoms. The van der Waals surface area contributed by atoms with Crippen molar-refractivity contribution in [3.63, 3.8) is 0 Å². The van der Waals surface area contributed by atoms with Crippen LogP contribution in [0.25, 0.3) is 0 Å². The van der Waals surface area contributed by atoms with E-state index in [9.17, 15) is 9.59 Å². The largest absolute Gasteiger partial charge is 0.385 e. The molecule has 32 heavy (non-hydrogen) atoms. The Morgan fingerprint density at radius 1 is 1.12 bits per heavy atom. The highest BCUT2D eigenvalue weighted by atomic mass is 32.1. The summed E-state index contributed by atoms with van der Waals surface area (Å²) in [5.74, 6) is -0.112. The molecule has 0 aliphatic carbocycles. The summed E-state index contributed by atoms with van der Waals surface area (Å²) in [5, 5.41) is 4.00. The summed E-state index contributed by atoms with van der Waals surface area (Å²) in [6.45, 7) is 3.84. The van der Waals surface area contributed by atoms with Crippen molar-refractivity contribution in [3.8, 4) is 0 Å². The van der Waals surface area contributed by atoms with Gasteiger partial charge in [-0.15, -0.1) is 22.7 Å². The van der Waals surface area contributed by atoms with Gasteiger partial charge in [0.25, 0.3) is 5.91 Å². The van der Waals surface area contributed by atoms with Gasteiger partial charge in [0.2, 0.25) is 5.91 Å². The first-order valence-corrected chi connectivity index (χ1v) is 12.6. The van der Waals surface area contributed by atoms with E-state index in [0.717, 1.165) is 12.0 Å². The lowest BCUT2D eigenvalue weighted by Gasteiger charge is -2.37. The summed E-state index contributed by atoms with van der Waals surface area (Å²) < 4.78 is 5.17. The molecule has 1 atom stereocenters. The number of carbonyl (C=O) groups is 2. The van der Waals surface area contributed by atoms with Crippen LogP contribution in [0.4, 0.5) is 0 Å². The lowest BCUT2D eigenvalue weighted by Crippen LogP contribution is -2.47. The first kappa shape index (κ1) is 22.7. The van der Waals surface area contributed by atoms with Crippen LogP contribution in [0.2, 0.25) is 0 Å². The minimum absolute atomic E-state index is 0.0188. The maximum atomic E-state index is 13.6. The molecular weight excluding hydrogens is 440 g/mol. The number of aryl methyl sites for hydroxylation is 1. The van der Waals surface area contributed by atoms with Crippen LogP contribution in [0, 0.1) is 6.92 Å². The van der Waals surface area contributed by atoms with E-state index in [-0.39, 0.29) is 24.4 Å². The Kier molecular flexibility index (Phi) is 7.40. The third kappa shape index (κ3) is 4.95. The van der Waals surface area contributed by atoms with Gasteiger partial charge in [-0.25, -0.2) is 0 Å². The highest BCUT2D eigenvalue weighted by Crippen LogP contribution is 2.38. The molecule has 3 aromatic rings. The number of amides is 2. The highest BCUT2D eigenvalue weighted by molar-refractivity contribution is 7.12. The average molecular weight is 469 g/mol. The molecular formula is C25H28N2O3S2. The Hall–Kier alpha value is -2.48. The molecule has 0 N–H and O–H groups in total. The molecule has 1 aliphatic heterocycles. The summed E-state index contributed by atoms with van der Waals surface area (Å²) in [5.41, 5.74) is 3.51. The number of rotatable bonds is 8. The van der Waals surface area contributed by atoms with E-state index in [1.54, 1.807) is 23.3 Å². The second kappa shape index (κ2) is 10.4. The number of methoxy groups -OCH3 is 1. The third-order valence-corrected chi connectivity index (χ3v) is 7.66. The molecule has 0 saturated heterocycles. The molecule has 2 aromatic heterocycles. The maximum absolute atomic E-state index is 13.6. The molecule has 1 aromatic carbocycles. The molecule has 5 nitrogen and oxygen atoms in total. The fourth-order valence-electron chi connectivity index (χ4n) is 4.16. The quantitative estimate of drug-likeness (QED) is 0.448. The fraction of sp³-hybridized carbons (Fsp3) is 0.360. The van der Waals surface area contributed by atoms with Gasteiger partial charge in [-0.05, 0) is 53.8 Å². The van der Waals surface area contributed by atoms with Crippen LogP contribution in [0.1, 0.15) is 43.7 Å².